The lowest BCUT2D eigenvalue weighted by Gasteiger charge is -2.40. The molecule has 1 aliphatic carbocycles. The van der Waals surface area contributed by atoms with Crippen molar-refractivity contribution in [2.75, 3.05) is 30.2 Å². The van der Waals surface area contributed by atoms with E-state index in [9.17, 15) is 18.0 Å². The Morgan fingerprint density at radius 3 is 2.05 bits per heavy atom. The second-order valence-corrected chi connectivity index (χ2v) is 12.8. The number of nitrogens with one attached hydrogen (secondary N) is 1. The number of hydrogen-bond donors (Lipinski definition) is 2. The van der Waals surface area contributed by atoms with Gasteiger partial charge in [0, 0.05) is 33.1 Å². The molecule has 2 amide bonds. The van der Waals surface area contributed by atoms with Crippen molar-refractivity contribution in [3.05, 3.63) is 54.1 Å². The van der Waals surface area contributed by atoms with Gasteiger partial charge in [-0.1, -0.05) is 31.4 Å². The summed E-state index contributed by atoms with van der Waals surface area (Å²) in [6, 6.07) is 15.0. The van der Waals surface area contributed by atoms with E-state index in [-0.39, 0.29) is 18.3 Å². The number of sulfonamides is 1. The summed E-state index contributed by atoms with van der Waals surface area (Å²) in [6.45, 7) is 3.94. The lowest BCUT2D eigenvalue weighted by Crippen LogP contribution is -2.61. The van der Waals surface area contributed by atoms with Crippen LogP contribution in [0.5, 0.6) is 11.5 Å². The maximum Gasteiger partial charge on any atom is 0.243 e. The number of halogens is 1. The predicted molar refractivity (Wildman–Crippen MR) is 159 cm³/mol. The molecule has 4 rings (SSSR count). The molecule has 220 valence electrons. The highest BCUT2D eigenvalue weighted by Gasteiger charge is 2.40. The minimum atomic E-state index is -3.38. The lowest BCUT2D eigenvalue weighted by molar-refractivity contribution is -0.132. The fourth-order valence-corrected chi connectivity index (χ4v) is 6.62. The Labute approximate surface area is 243 Å². The minimum absolute atomic E-state index is 0. The number of piperidine rings is 1. The van der Waals surface area contributed by atoms with Gasteiger partial charge in [-0.05, 0) is 73.6 Å². The smallest absolute Gasteiger partial charge is 0.243 e. The average molecular weight is 593 g/mol. The van der Waals surface area contributed by atoms with Crippen LogP contribution in [0.25, 0.3) is 0 Å². The van der Waals surface area contributed by atoms with Gasteiger partial charge in [0.05, 0.1) is 11.9 Å². The third-order valence-corrected chi connectivity index (χ3v) is 9.00. The number of primary amides is 1. The number of anilines is 1. The van der Waals surface area contributed by atoms with E-state index in [0.29, 0.717) is 62.1 Å². The Morgan fingerprint density at radius 2 is 1.55 bits per heavy atom. The van der Waals surface area contributed by atoms with E-state index < -0.39 is 21.5 Å². The summed E-state index contributed by atoms with van der Waals surface area (Å²) < 4.78 is 32.6. The molecular formula is C29H41ClN4O5S. The highest BCUT2D eigenvalue weighted by Crippen LogP contribution is 2.30. The van der Waals surface area contributed by atoms with Gasteiger partial charge in [0.15, 0.2) is 0 Å². The number of nitrogens with zero attached hydrogens (tertiary/aromatic N) is 2. The molecule has 2 aromatic rings. The number of likely N-dealkylation sites (tertiary alicyclic amines) is 1. The van der Waals surface area contributed by atoms with Crippen molar-refractivity contribution in [2.45, 2.75) is 64.0 Å². The summed E-state index contributed by atoms with van der Waals surface area (Å²) in [4.78, 5) is 25.8. The first-order chi connectivity index (χ1) is 18.5. The SMILES string of the molecule is CC(=O)NC1(C(N)=O)CCN(Cc2ccc(Oc3ccc(N(CC4CCCCC4)S(C)(=O)=O)cc3)cc2)CC1.Cl. The van der Waals surface area contributed by atoms with E-state index in [1.54, 1.807) is 24.3 Å². The Hall–Kier alpha value is -2.82. The summed E-state index contributed by atoms with van der Waals surface area (Å²) in [7, 11) is -3.38. The van der Waals surface area contributed by atoms with Crippen LogP contribution in [0.2, 0.25) is 0 Å². The largest absolute Gasteiger partial charge is 0.457 e. The summed E-state index contributed by atoms with van der Waals surface area (Å²) in [5.41, 5.74) is 6.39. The number of rotatable bonds is 10. The lowest BCUT2D eigenvalue weighted by atomic mass is 9.86. The van der Waals surface area contributed by atoms with Crippen molar-refractivity contribution in [3.8, 4) is 11.5 Å². The van der Waals surface area contributed by atoms with Crippen molar-refractivity contribution in [1.29, 1.82) is 0 Å². The highest BCUT2D eigenvalue weighted by molar-refractivity contribution is 7.92. The molecule has 2 aliphatic rings. The van der Waals surface area contributed by atoms with E-state index >= 15 is 0 Å². The Morgan fingerprint density at radius 1 is 1.00 bits per heavy atom. The maximum absolute atomic E-state index is 12.5. The van der Waals surface area contributed by atoms with Crippen molar-refractivity contribution in [3.63, 3.8) is 0 Å². The number of hydrogen-bond acceptors (Lipinski definition) is 6. The summed E-state index contributed by atoms with van der Waals surface area (Å²) >= 11 is 0. The molecule has 0 bridgehead atoms. The van der Waals surface area contributed by atoms with Crippen molar-refractivity contribution >= 4 is 39.9 Å². The summed E-state index contributed by atoms with van der Waals surface area (Å²) in [6.07, 6.45) is 7.95. The molecule has 0 spiro atoms. The molecule has 1 saturated carbocycles. The van der Waals surface area contributed by atoms with Gasteiger partial charge in [-0.2, -0.15) is 0 Å². The second-order valence-electron chi connectivity index (χ2n) is 10.9. The van der Waals surface area contributed by atoms with Crippen LogP contribution in [-0.2, 0) is 26.2 Å². The van der Waals surface area contributed by atoms with Crippen LogP contribution in [0.15, 0.2) is 48.5 Å². The topological polar surface area (TPSA) is 122 Å². The first-order valence-electron chi connectivity index (χ1n) is 13.7. The average Bonchev–Trinajstić information content (AvgIpc) is 2.90. The molecule has 0 aromatic heterocycles. The Bertz CT molecular complexity index is 1240. The second kappa shape index (κ2) is 13.7. The van der Waals surface area contributed by atoms with Crippen LogP contribution in [0.1, 0.15) is 57.4 Å². The number of ether oxygens (including phenoxy) is 1. The van der Waals surface area contributed by atoms with Crippen LogP contribution in [0, 0.1) is 5.92 Å². The first-order valence-corrected chi connectivity index (χ1v) is 15.5. The third kappa shape index (κ3) is 8.34. The zero-order valence-corrected chi connectivity index (χ0v) is 24.9. The number of benzene rings is 2. The molecule has 40 heavy (non-hydrogen) atoms. The standard InChI is InChI=1S/C29H40N4O5S.ClH/c1-22(34)31-29(28(30)35)16-18-32(19-17-29)20-24-8-12-26(13-9-24)38-27-14-10-25(11-15-27)33(39(2,36)37)21-23-6-4-3-5-7-23;/h8-15,23H,3-7,16-21H2,1-2H3,(H2,30,35)(H,31,34);1H. The van der Waals surface area contributed by atoms with Crippen LogP contribution in [0.3, 0.4) is 0 Å². The molecule has 1 aliphatic heterocycles. The molecule has 1 saturated heterocycles. The van der Waals surface area contributed by atoms with Crippen LogP contribution in [0.4, 0.5) is 5.69 Å². The highest BCUT2D eigenvalue weighted by atomic mass is 35.5. The summed E-state index contributed by atoms with van der Waals surface area (Å²) in [5, 5.41) is 2.76. The fraction of sp³-hybridized carbons (Fsp3) is 0.517. The van der Waals surface area contributed by atoms with Crippen LogP contribution in [-0.4, -0.2) is 56.6 Å². The first kappa shape index (κ1) is 31.7. The van der Waals surface area contributed by atoms with E-state index in [2.05, 4.69) is 10.2 Å². The van der Waals surface area contributed by atoms with E-state index in [1.165, 1.54) is 36.7 Å². The van der Waals surface area contributed by atoms with Crippen LogP contribution >= 0.6 is 12.4 Å². The quantitative estimate of drug-likeness (QED) is 0.426. The molecule has 0 radical (unpaired) electrons. The zero-order valence-electron chi connectivity index (χ0n) is 23.3. The zero-order chi connectivity index (χ0) is 28.0. The predicted octanol–water partition coefficient (Wildman–Crippen LogP) is 4.20. The number of amides is 2. The van der Waals surface area contributed by atoms with E-state index in [0.717, 1.165) is 18.4 Å². The van der Waals surface area contributed by atoms with Gasteiger partial charge in [0.1, 0.15) is 17.0 Å². The molecule has 0 unspecified atom stereocenters. The van der Waals surface area contributed by atoms with Gasteiger partial charge in [0.2, 0.25) is 21.8 Å². The number of nitrogens with two attached hydrogens (primary N) is 1. The molecule has 2 fully saturated rings. The van der Waals surface area contributed by atoms with Gasteiger partial charge in [-0.3, -0.25) is 18.8 Å². The monoisotopic (exact) mass is 592 g/mol. The van der Waals surface area contributed by atoms with Crippen molar-refractivity contribution in [1.82, 2.24) is 10.2 Å². The molecule has 0 atom stereocenters. The van der Waals surface area contributed by atoms with Crippen molar-refractivity contribution in [2.24, 2.45) is 11.7 Å². The fourth-order valence-electron chi connectivity index (χ4n) is 5.64. The summed E-state index contributed by atoms with van der Waals surface area (Å²) in [5.74, 6) is 0.982. The Balaban J connectivity index is 0.00000441. The van der Waals surface area contributed by atoms with Gasteiger partial charge in [-0.15, -0.1) is 12.4 Å². The molecule has 3 N–H and O–H groups in total. The van der Waals surface area contributed by atoms with E-state index in [1.807, 2.05) is 24.3 Å². The third-order valence-electron chi connectivity index (χ3n) is 7.84. The number of carbonyl (C=O) groups excluding carboxylic acids is 2. The number of carbonyl (C=O) groups is 2. The van der Waals surface area contributed by atoms with E-state index in [4.69, 9.17) is 10.5 Å². The van der Waals surface area contributed by atoms with Crippen molar-refractivity contribution < 1.29 is 22.7 Å². The van der Waals surface area contributed by atoms with Gasteiger partial charge < -0.3 is 15.8 Å². The van der Waals surface area contributed by atoms with Gasteiger partial charge in [0.25, 0.3) is 0 Å². The maximum atomic E-state index is 12.5. The van der Waals surface area contributed by atoms with Gasteiger partial charge >= 0.3 is 0 Å². The van der Waals surface area contributed by atoms with Gasteiger partial charge in [-0.25, -0.2) is 8.42 Å². The normalized spacial score (nSPS) is 17.9. The molecule has 1 heterocycles. The molecule has 9 nitrogen and oxygen atoms in total. The minimum Gasteiger partial charge on any atom is -0.457 e. The molecule has 2 aromatic carbocycles. The van der Waals surface area contributed by atoms with Crippen LogP contribution < -0.4 is 20.1 Å². The molecular weight excluding hydrogens is 552 g/mol. The molecule has 11 heteroatoms. The Kier molecular flexibility index (Phi) is 10.9.